The lowest BCUT2D eigenvalue weighted by Gasteiger charge is -2.41. The summed E-state index contributed by atoms with van der Waals surface area (Å²) in [4.78, 5) is 12.1. The van der Waals surface area contributed by atoms with E-state index >= 15 is 0 Å². The van der Waals surface area contributed by atoms with Crippen molar-refractivity contribution in [2.24, 2.45) is 0 Å². The Labute approximate surface area is 101 Å². The number of rotatable bonds is 1. The number of piperidine rings is 1. The second kappa shape index (κ2) is 3.81. The zero-order valence-electron chi connectivity index (χ0n) is 10.5. The van der Waals surface area contributed by atoms with Gasteiger partial charge in [0.1, 0.15) is 5.60 Å². The van der Waals surface area contributed by atoms with Crippen LogP contribution in [0.2, 0.25) is 0 Å². The first kappa shape index (κ1) is 12.0. The molecule has 1 aliphatic heterocycles. The topological polar surface area (TPSA) is 53.2 Å². The lowest BCUT2D eigenvalue weighted by atomic mass is 9.78. The highest BCUT2D eigenvalue weighted by atomic mass is 16.3. The number of hydrogen-bond acceptors (Lipinski definition) is 2. The van der Waals surface area contributed by atoms with Crippen LogP contribution in [0.5, 0.6) is 0 Å². The van der Waals surface area contributed by atoms with E-state index in [0.717, 1.165) is 0 Å². The smallest absolute Gasteiger partial charge is 0.292 e. The maximum atomic E-state index is 12.1. The number of nitrogens with one attached hydrogen (secondary N) is 1. The Hall–Kier alpha value is -1.42. The Morgan fingerprint density at radius 2 is 1.88 bits per heavy atom. The quantitative estimate of drug-likeness (QED) is 0.699. The van der Waals surface area contributed by atoms with Crippen LogP contribution in [0.3, 0.4) is 0 Å². The minimum Gasteiger partial charge on any atom is -0.383 e. The molecule has 0 bridgehead atoms. The van der Waals surface area contributed by atoms with E-state index in [-0.39, 0.29) is 11.4 Å². The lowest BCUT2D eigenvalue weighted by molar-refractivity contribution is -0.724. The van der Waals surface area contributed by atoms with E-state index in [1.165, 1.54) is 0 Å². The number of amides is 1. The Morgan fingerprint density at radius 3 is 2.41 bits per heavy atom. The van der Waals surface area contributed by atoms with Gasteiger partial charge in [0.05, 0.1) is 0 Å². The molecule has 1 aromatic rings. The highest BCUT2D eigenvalue weighted by molar-refractivity contribution is 5.81. The molecule has 2 heterocycles. The normalized spacial score (nSPS) is 32.0. The van der Waals surface area contributed by atoms with Crippen LogP contribution in [-0.4, -0.2) is 22.2 Å². The van der Waals surface area contributed by atoms with Gasteiger partial charge in [-0.2, -0.15) is 4.57 Å². The molecule has 1 aromatic heterocycles. The fourth-order valence-corrected chi connectivity index (χ4v) is 2.76. The van der Waals surface area contributed by atoms with Crippen molar-refractivity contribution in [2.75, 3.05) is 0 Å². The van der Waals surface area contributed by atoms with E-state index < -0.39 is 11.6 Å². The van der Waals surface area contributed by atoms with Crippen molar-refractivity contribution in [1.29, 1.82) is 0 Å². The molecule has 4 heteroatoms. The average molecular weight is 235 g/mol. The van der Waals surface area contributed by atoms with Gasteiger partial charge < -0.3 is 10.4 Å². The van der Waals surface area contributed by atoms with Crippen molar-refractivity contribution < 1.29 is 14.5 Å². The summed E-state index contributed by atoms with van der Waals surface area (Å²) in [5.74, 6) is -0.137. The van der Waals surface area contributed by atoms with Gasteiger partial charge in [0.15, 0.2) is 12.4 Å². The Bertz CT molecular complexity index is 426. The summed E-state index contributed by atoms with van der Waals surface area (Å²) in [6.07, 6.45) is 4.13. The van der Waals surface area contributed by atoms with Gasteiger partial charge in [-0.3, -0.25) is 4.79 Å². The number of nitrogens with zero attached hydrogens (tertiary/aromatic N) is 1. The van der Waals surface area contributed by atoms with Crippen molar-refractivity contribution >= 4 is 5.91 Å². The maximum Gasteiger partial charge on any atom is 0.292 e. The molecule has 0 aromatic carbocycles. The SMILES string of the molecule is CC1(C)C[C@](C)(O)[C@H]([n+]2ccccc2)C(=O)N1. The van der Waals surface area contributed by atoms with Gasteiger partial charge in [0.25, 0.3) is 11.9 Å². The van der Waals surface area contributed by atoms with E-state index in [4.69, 9.17) is 0 Å². The molecule has 0 spiro atoms. The summed E-state index contributed by atoms with van der Waals surface area (Å²) in [5.41, 5.74) is -1.41. The number of carbonyl (C=O) groups is 1. The number of aliphatic hydroxyl groups is 1. The van der Waals surface area contributed by atoms with Crippen LogP contribution in [0.4, 0.5) is 0 Å². The molecule has 2 atom stereocenters. The molecule has 2 rings (SSSR count). The van der Waals surface area contributed by atoms with Crippen molar-refractivity contribution in [3.05, 3.63) is 30.6 Å². The van der Waals surface area contributed by atoms with Gasteiger partial charge in [-0.1, -0.05) is 6.07 Å². The lowest BCUT2D eigenvalue weighted by Crippen LogP contribution is -2.67. The third-order valence-corrected chi connectivity index (χ3v) is 3.14. The second-order valence-electron chi connectivity index (χ2n) is 5.63. The second-order valence-corrected chi connectivity index (χ2v) is 5.63. The summed E-state index contributed by atoms with van der Waals surface area (Å²) in [5, 5.41) is 13.5. The number of aromatic nitrogens is 1. The highest BCUT2D eigenvalue weighted by Crippen LogP contribution is 2.32. The predicted molar refractivity (Wildman–Crippen MR) is 63.1 cm³/mol. The van der Waals surface area contributed by atoms with Crippen LogP contribution >= 0.6 is 0 Å². The van der Waals surface area contributed by atoms with Gasteiger partial charge in [-0.15, -0.1) is 0 Å². The fourth-order valence-electron chi connectivity index (χ4n) is 2.76. The van der Waals surface area contributed by atoms with Gasteiger partial charge >= 0.3 is 0 Å². The Morgan fingerprint density at radius 1 is 1.29 bits per heavy atom. The van der Waals surface area contributed by atoms with Crippen LogP contribution in [0.15, 0.2) is 30.6 Å². The molecule has 1 aliphatic rings. The van der Waals surface area contributed by atoms with E-state index in [2.05, 4.69) is 5.32 Å². The largest absolute Gasteiger partial charge is 0.383 e. The van der Waals surface area contributed by atoms with Gasteiger partial charge in [0.2, 0.25) is 0 Å². The molecule has 2 N–H and O–H groups in total. The molecule has 1 fully saturated rings. The van der Waals surface area contributed by atoms with E-state index in [1.807, 2.05) is 32.0 Å². The fraction of sp³-hybridized carbons (Fsp3) is 0.538. The minimum atomic E-state index is -1.04. The predicted octanol–water partition coefficient (Wildman–Crippen LogP) is 0.565. The molecule has 4 nitrogen and oxygen atoms in total. The first-order valence-electron chi connectivity index (χ1n) is 5.82. The van der Waals surface area contributed by atoms with Crippen molar-refractivity contribution in [3.63, 3.8) is 0 Å². The van der Waals surface area contributed by atoms with E-state index in [1.54, 1.807) is 23.9 Å². The van der Waals surface area contributed by atoms with Gasteiger partial charge in [0, 0.05) is 24.1 Å². The Kier molecular flexibility index (Phi) is 2.70. The monoisotopic (exact) mass is 235 g/mol. The van der Waals surface area contributed by atoms with Crippen molar-refractivity contribution in [1.82, 2.24) is 5.32 Å². The third kappa shape index (κ3) is 2.31. The van der Waals surface area contributed by atoms with Crippen LogP contribution < -0.4 is 9.88 Å². The maximum absolute atomic E-state index is 12.1. The molecular formula is C13H19N2O2+. The summed E-state index contributed by atoms with van der Waals surface area (Å²) >= 11 is 0. The number of carbonyl (C=O) groups excluding carboxylic acids is 1. The standard InChI is InChI=1S/C13H18N2O2/c1-12(2)9-13(3,17)10(11(16)14-12)15-7-5-4-6-8-15/h4-8,10,17H,9H2,1-3H3/p+1/t10-,13+/m1/s1. The van der Waals surface area contributed by atoms with Crippen LogP contribution in [0.1, 0.15) is 33.2 Å². The summed E-state index contributed by atoms with van der Waals surface area (Å²) in [7, 11) is 0. The molecule has 17 heavy (non-hydrogen) atoms. The average Bonchev–Trinajstić information content (AvgIpc) is 2.14. The molecular weight excluding hydrogens is 216 g/mol. The van der Waals surface area contributed by atoms with E-state index in [0.29, 0.717) is 6.42 Å². The van der Waals surface area contributed by atoms with Crippen molar-refractivity contribution in [2.45, 2.75) is 44.4 Å². The first-order valence-corrected chi connectivity index (χ1v) is 5.82. The molecule has 1 saturated heterocycles. The van der Waals surface area contributed by atoms with Gasteiger partial charge in [-0.05, 0) is 20.8 Å². The molecule has 92 valence electrons. The van der Waals surface area contributed by atoms with Crippen LogP contribution in [-0.2, 0) is 4.79 Å². The number of hydrogen-bond donors (Lipinski definition) is 2. The first-order chi connectivity index (χ1) is 7.82. The Balaban J connectivity index is 2.38. The zero-order valence-corrected chi connectivity index (χ0v) is 10.5. The number of pyridine rings is 1. The summed E-state index contributed by atoms with van der Waals surface area (Å²) in [6, 6.07) is 5.01. The molecule has 0 aliphatic carbocycles. The summed E-state index contributed by atoms with van der Waals surface area (Å²) < 4.78 is 1.75. The highest BCUT2D eigenvalue weighted by Gasteiger charge is 2.52. The van der Waals surface area contributed by atoms with Crippen LogP contribution in [0.25, 0.3) is 0 Å². The molecule has 0 radical (unpaired) electrons. The molecule has 0 saturated carbocycles. The van der Waals surface area contributed by atoms with E-state index in [9.17, 15) is 9.90 Å². The molecule has 1 amide bonds. The van der Waals surface area contributed by atoms with Crippen LogP contribution in [0, 0.1) is 0 Å². The zero-order chi connectivity index (χ0) is 12.7. The minimum absolute atomic E-state index is 0.137. The summed E-state index contributed by atoms with van der Waals surface area (Å²) in [6.45, 7) is 5.56. The molecule has 0 unspecified atom stereocenters. The third-order valence-electron chi connectivity index (χ3n) is 3.14. The van der Waals surface area contributed by atoms with Gasteiger partial charge in [-0.25, -0.2) is 0 Å². The van der Waals surface area contributed by atoms with Crippen molar-refractivity contribution in [3.8, 4) is 0 Å².